The minimum Gasteiger partial charge on any atom is -0.494 e. The van der Waals surface area contributed by atoms with E-state index >= 15 is 0 Å². The summed E-state index contributed by atoms with van der Waals surface area (Å²) in [5.41, 5.74) is 0.676. The topological polar surface area (TPSA) is 52.6 Å². The summed E-state index contributed by atoms with van der Waals surface area (Å²) in [4.78, 5) is 21.6. The van der Waals surface area contributed by atoms with Crippen molar-refractivity contribution in [3.63, 3.8) is 0 Å². The fraction of sp³-hybridized carbons (Fsp3) is 0.300. The Labute approximate surface area is 142 Å². The average molecular weight is 326 g/mol. The van der Waals surface area contributed by atoms with Crippen molar-refractivity contribution in [2.75, 3.05) is 13.2 Å². The SMILES string of the molecule is C=CC(=O)OCCCCCCOc1ccc2cc(C=O)ccc2c1. The lowest BCUT2D eigenvalue weighted by atomic mass is 10.1. The van der Waals surface area contributed by atoms with Gasteiger partial charge < -0.3 is 9.47 Å². The lowest BCUT2D eigenvalue weighted by molar-refractivity contribution is -0.137. The molecule has 0 fully saturated rings. The van der Waals surface area contributed by atoms with E-state index in [-0.39, 0.29) is 5.97 Å². The second-order valence-corrected chi connectivity index (χ2v) is 5.52. The summed E-state index contributed by atoms with van der Waals surface area (Å²) in [7, 11) is 0. The Morgan fingerprint density at radius 1 is 0.958 bits per heavy atom. The van der Waals surface area contributed by atoms with Gasteiger partial charge in [-0.05, 0) is 54.7 Å². The molecule has 2 rings (SSSR count). The van der Waals surface area contributed by atoms with Crippen LogP contribution in [0.3, 0.4) is 0 Å². The highest BCUT2D eigenvalue weighted by Crippen LogP contribution is 2.22. The zero-order chi connectivity index (χ0) is 17.2. The molecule has 0 amide bonds. The zero-order valence-corrected chi connectivity index (χ0v) is 13.7. The van der Waals surface area contributed by atoms with Gasteiger partial charge in [0.25, 0.3) is 0 Å². The first-order valence-corrected chi connectivity index (χ1v) is 8.14. The maximum Gasteiger partial charge on any atom is 0.330 e. The summed E-state index contributed by atoms with van der Waals surface area (Å²) < 4.78 is 10.7. The Morgan fingerprint density at radius 3 is 2.42 bits per heavy atom. The number of hydrogen-bond acceptors (Lipinski definition) is 4. The van der Waals surface area contributed by atoms with Crippen LogP contribution in [0, 0.1) is 0 Å². The molecule has 0 radical (unpaired) electrons. The average Bonchev–Trinajstić information content (AvgIpc) is 2.63. The van der Waals surface area contributed by atoms with Gasteiger partial charge in [0.2, 0.25) is 0 Å². The molecule has 126 valence electrons. The summed E-state index contributed by atoms with van der Waals surface area (Å²) in [6.07, 6.45) is 5.87. The van der Waals surface area contributed by atoms with Crippen LogP contribution in [0.1, 0.15) is 36.0 Å². The fourth-order valence-corrected chi connectivity index (χ4v) is 2.38. The summed E-state index contributed by atoms with van der Waals surface area (Å²) in [6.45, 7) is 4.45. The molecule has 0 spiro atoms. The van der Waals surface area contributed by atoms with Crippen molar-refractivity contribution in [3.05, 3.63) is 54.6 Å². The molecule has 2 aromatic carbocycles. The molecule has 0 aliphatic carbocycles. The van der Waals surface area contributed by atoms with Gasteiger partial charge in [0.1, 0.15) is 12.0 Å². The quantitative estimate of drug-likeness (QED) is 0.282. The van der Waals surface area contributed by atoms with Crippen LogP contribution in [0.25, 0.3) is 10.8 Å². The molecule has 4 heteroatoms. The Hall–Kier alpha value is -2.62. The lowest BCUT2D eigenvalue weighted by Gasteiger charge is -2.08. The molecule has 0 saturated carbocycles. The summed E-state index contributed by atoms with van der Waals surface area (Å²) >= 11 is 0. The van der Waals surface area contributed by atoms with E-state index in [0.29, 0.717) is 18.8 Å². The van der Waals surface area contributed by atoms with Crippen molar-refractivity contribution >= 4 is 23.0 Å². The molecular weight excluding hydrogens is 304 g/mol. The first-order valence-electron chi connectivity index (χ1n) is 8.14. The minimum absolute atomic E-state index is 0.366. The van der Waals surface area contributed by atoms with Crippen LogP contribution in [0.5, 0.6) is 5.75 Å². The molecule has 0 aliphatic heterocycles. The minimum atomic E-state index is -0.366. The van der Waals surface area contributed by atoms with Gasteiger partial charge in [-0.2, -0.15) is 0 Å². The maximum atomic E-state index is 10.9. The molecule has 2 aromatic rings. The highest BCUT2D eigenvalue weighted by Gasteiger charge is 2.00. The van der Waals surface area contributed by atoms with E-state index in [1.807, 2.05) is 30.3 Å². The molecule has 0 bridgehead atoms. The highest BCUT2D eigenvalue weighted by molar-refractivity contribution is 5.89. The third kappa shape index (κ3) is 5.54. The van der Waals surface area contributed by atoms with Crippen molar-refractivity contribution in [3.8, 4) is 5.75 Å². The number of aldehydes is 1. The fourth-order valence-electron chi connectivity index (χ4n) is 2.38. The number of carbonyl (C=O) groups excluding carboxylic acids is 2. The van der Waals surface area contributed by atoms with Crippen LogP contribution in [0.2, 0.25) is 0 Å². The number of ether oxygens (including phenoxy) is 2. The van der Waals surface area contributed by atoms with Gasteiger partial charge in [-0.1, -0.05) is 24.8 Å². The van der Waals surface area contributed by atoms with Crippen LogP contribution < -0.4 is 4.74 Å². The van der Waals surface area contributed by atoms with Crippen LogP contribution >= 0.6 is 0 Å². The maximum absolute atomic E-state index is 10.9. The van der Waals surface area contributed by atoms with Gasteiger partial charge in [0.15, 0.2) is 0 Å². The van der Waals surface area contributed by atoms with Crippen LogP contribution in [-0.4, -0.2) is 25.5 Å². The number of benzene rings is 2. The predicted octanol–water partition coefficient (Wildman–Crippen LogP) is 4.32. The van der Waals surface area contributed by atoms with Gasteiger partial charge in [-0.15, -0.1) is 0 Å². The van der Waals surface area contributed by atoms with E-state index < -0.39 is 0 Å². The van der Waals surface area contributed by atoms with Crippen molar-refractivity contribution in [1.82, 2.24) is 0 Å². The molecule has 4 nitrogen and oxygen atoms in total. The van der Waals surface area contributed by atoms with E-state index in [0.717, 1.165) is 48.5 Å². The first-order chi connectivity index (χ1) is 11.7. The number of esters is 1. The van der Waals surface area contributed by atoms with Gasteiger partial charge in [-0.3, -0.25) is 4.79 Å². The monoisotopic (exact) mass is 326 g/mol. The van der Waals surface area contributed by atoms with Crippen molar-refractivity contribution in [2.45, 2.75) is 25.7 Å². The number of carbonyl (C=O) groups is 2. The molecule has 0 saturated heterocycles. The lowest BCUT2D eigenvalue weighted by Crippen LogP contribution is -2.02. The van der Waals surface area contributed by atoms with Crippen LogP contribution in [0.4, 0.5) is 0 Å². The van der Waals surface area contributed by atoms with E-state index in [2.05, 4.69) is 6.58 Å². The van der Waals surface area contributed by atoms with E-state index in [9.17, 15) is 9.59 Å². The predicted molar refractivity (Wildman–Crippen MR) is 94.5 cm³/mol. The van der Waals surface area contributed by atoms with Crippen molar-refractivity contribution in [1.29, 1.82) is 0 Å². The molecule has 0 atom stereocenters. The van der Waals surface area contributed by atoms with Crippen molar-refractivity contribution in [2.24, 2.45) is 0 Å². The molecule has 0 aromatic heterocycles. The third-order valence-corrected chi connectivity index (χ3v) is 3.69. The van der Waals surface area contributed by atoms with Gasteiger partial charge in [-0.25, -0.2) is 4.79 Å². The molecule has 24 heavy (non-hydrogen) atoms. The van der Waals surface area contributed by atoms with Gasteiger partial charge in [0.05, 0.1) is 13.2 Å². The van der Waals surface area contributed by atoms with Gasteiger partial charge >= 0.3 is 5.97 Å². The second kappa shape index (κ2) is 9.50. The number of hydrogen-bond donors (Lipinski definition) is 0. The Bertz CT molecular complexity index is 706. The third-order valence-electron chi connectivity index (χ3n) is 3.69. The normalized spacial score (nSPS) is 10.3. The Balaban J connectivity index is 1.67. The standard InChI is InChI=1S/C20H22O4/c1-2-20(22)24-12-6-4-3-5-11-23-19-10-9-17-13-16(15-21)7-8-18(17)14-19/h2,7-10,13-15H,1,3-6,11-12H2. The Kier molecular flexibility index (Phi) is 7.02. The highest BCUT2D eigenvalue weighted by atomic mass is 16.5. The molecule has 0 unspecified atom stereocenters. The number of rotatable bonds is 10. The largest absolute Gasteiger partial charge is 0.494 e. The van der Waals surface area contributed by atoms with Crippen molar-refractivity contribution < 1.29 is 19.1 Å². The molecule has 0 heterocycles. The molecule has 0 N–H and O–H groups in total. The van der Waals surface area contributed by atoms with Gasteiger partial charge in [0, 0.05) is 11.6 Å². The van der Waals surface area contributed by atoms with Crippen LogP contribution in [-0.2, 0) is 9.53 Å². The summed E-state index contributed by atoms with van der Waals surface area (Å²) in [5, 5.41) is 2.09. The zero-order valence-electron chi connectivity index (χ0n) is 13.7. The second-order valence-electron chi connectivity index (χ2n) is 5.52. The van der Waals surface area contributed by atoms with E-state index in [1.165, 1.54) is 6.08 Å². The Morgan fingerprint density at radius 2 is 1.67 bits per heavy atom. The number of fused-ring (bicyclic) bond motifs is 1. The first kappa shape index (κ1) is 17.7. The van der Waals surface area contributed by atoms with E-state index in [4.69, 9.17) is 9.47 Å². The smallest absolute Gasteiger partial charge is 0.330 e. The summed E-state index contributed by atoms with van der Waals surface area (Å²) in [5.74, 6) is 0.469. The number of unbranched alkanes of at least 4 members (excludes halogenated alkanes) is 3. The van der Waals surface area contributed by atoms with Crippen LogP contribution in [0.15, 0.2) is 49.1 Å². The van der Waals surface area contributed by atoms with E-state index in [1.54, 1.807) is 6.07 Å². The summed E-state index contributed by atoms with van der Waals surface area (Å²) in [6, 6.07) is 11.5. The molecular formula is C20H22O4. The molecule has 0 aliphatic rings.